The Morgan fingerprint density at radius 3 is 2.55 bits per heavy atom. The molecular formula is C45H44ClN9O2S. The first-order chi connectivity index (χ1) is 28.1. The number of halogens is 1. The fourth-order valence-corrected chi connectivity index (χ4v) is 10.5. The van der Waals surface area contributed by atoms with Gasteiger partial charge in [0.1, 0.15) is 29.2 Å². The quantitative estimate of drug-likeness (QED) is 0.170. The average Bonchev–Trinajstić information content (AvgIpc) is 3.68. The van der Waals surface area contributed by atoms with Gasteiger partial charge in [-0.3, -0.25) is 14.4 Å². The van der Waals surface area contributed by atoms with Crippen LogP contribution in [0, 0.1) is 55.3 Å². The van der Waals surface area contributed by atoms with Crippen LogP contribution in [-0.4, -0.2) is 61.8 Å². The van der Waals surface area contributed by atoms with Crippen LogP contribution in [0.3, 0.4) is 0 Å². The van der Waals surface area contributed by atoms with E-state index in [2.05, 4.69) is 91.2 Å². The van der Waals surface area contributed by atoms with Crippen LogP contribution in [-0.2, 0) is 6.54 Å². The van der Waals surface area contributed by atoms with Crippen LogP contribution in [0.15, 0.2) is 59.6 Å². The van der Waals surface area contributed by atoms with E-state index >= 15 is 0 Å². The third-order valence-corrected chi connectivity index (χ3v) is 13.8. The van der Waals surface area contributed by atoms with Crippen molar-refractivity contribution in [2.75, 3.05) is 18.0 Å². The standard InChI is InChI=1S/C45H44ClN9O2S/c1-27-28(2)58-44-41(27)42(48-25-40-53-50-29(3)55(40)44)32-9-7-30(8-10-32)5-6-31-22-45(23-31)19-4-20-54(26-45)39-18-17-38(51-52-39)43(56)49-34-12-15-35(16-13-34)57-36-14-11-33(24-47)37(46)21-36/h7-11,14,17-18,21,31,34-35H,4,12-13,15-16,19-20,22-23,25-26H2,1-3H3,(H,49,56). The van der Waals surface area contributed by atoms with Gasteiger partial charge in [0.05, 0.1) is 22.4 Å². The summed E-state index contributed by atoms with van der Waals surface area (Å²) in [6, 6.07) is 19.5. The highest BCUT2D eigenvalue weighted by Crippen LogP contribution is 2.51. The number of aromatic nitrogens is 5. The summed E-state index contributed by atoms with van der Waals surface area (Å²) in [5, 5.41) is 31.4. The van der Waals surface area contributed by atoms with Gasteiger partial charge in [0.2, 0.25) is 0 Å². The smallest absolute Gasteiger partial charge is 0.272 e. The van der Waals surface area contributed by atoms with Gasteiger partial charge in [-0.1, -0.05) is 35.6 Å². The fourth-order valence-electron chi connectivity index (χ4n) is 9.06. The number of anilines is 1. The van der Waals surface area contributed by atoms with Gasteiger partial charge < -0.3 is 15.0 Å². The minimum absolute atomic E-state index is 0.0355. The number of aliphatic imine (C=N–C) groups is 1. The van der Waals surface area contributed by atoms with Gasteiger partial charge in [0, 0.05) is 52.7 Å². The molecule has 3 aromatic heterocycles. The molecule has 2 saturated carbocycles. The number of aryl methyl sites for hydroxylation is 2. The molecule has 0 atom stereocenters. The largest absolute Gasteiger partial charge is 0.490 e. The van der Waals surface area contributed by atoms with E-state index in [0.717, 1.165) is 97.3 Å². The number of amides is 1. The number of nitrogens with one attached hydrogen (secondary N) is 1. The van der Waals surface area contributed by atoms with Gasteiger partial charge >= 0.3 is 0 Å². The average molecular weight is 810 g/mol. The van der Waals surface area contributed by atoms with Crippen LogP contribution in [0.1, 0.15) is 106 Å². The lowest BCUT2D eigenvalue weighted by Crippen LogP contribution is -2.50. The summed E-state index contributed by atoms with van der Waals surface area (Å²) in [6.45, 7) is 8.70. The van der Waals surface area contributed by atoms with E-state index in [1.54, 1.807) is 35.6 Å². The Morgan fingerprint density at radius 2 is 1.81 bits per heavy atom. The number of thiophene rings is 1. The van der Waals surface area contributed by atoms with Crippen molar-refractivity contribution < 1.29 is 9.53 Å². The maximum atomic E-state index is 13.1. The van der Waals surface area contributed by atoms with E-state index in [9.17, 15) is 4.79 Å². The molecule has 9 rings (SSSR count). The van der Waals surface area contributed by atoms with E-state index in [1.807, 2.05) is 13.0 Å². The van der Waals surface area contributed by atoms with Gasteiger partial charge in [-0.2, -0.15) is 5.26 Å². The van der Waals surface area contributed by atoms with Crippen molar-refractivity contribution in [3.05, 3.63) is 110 Å². The number of rotatable bonds is 6. The van der Waals surface area contributed by atoms with Crippen LogP contribution in [0.2, 0.25) is 5.02 Å². The van der Waals surface area contributed by atoms with E-state index in [-0.39, 0.29) is 23.5 Å². The number of nitrogens with zero attached hydrogens (tertiary/aromatic N) is 8. The number of carbonyl (C=O) groups is 1. The van der Waals surface area contributed by atoms with Gasteiger partial charge in [-0.15, -0.1) is 31.7 Å². The monoisotopic (exact) mass is 809 g/mol. The molecule has 1 N–H and O–H groups in total. The summed E-state index contributed by atoms with van der Waals surface area (Å²) < 4.78 is 8.26. The molecule has 4 aliphatic rings. The molecule has 1 spiro atoms. The van der Waals surface area contributed by atoms with Crippen molar-refractivity contribution in [1.29, 1.82) is 5.26 Å². The predicted molar refractivity (Wildman–Crippen MR) is 225 cm³/mol. The second kappa shape index (κ2) is 15.7. The highest BCUT2D eigenvalue weighted by Gasteiger charge is 2.46. The molecule has 1 saturated heterocycles. The second-order valence-corrected chi connectivity index (χ2v) is 17.8. The molecule has 2 aliphatic carbocycles. The third-order valence-electron chi connectivity index (χ3n) is 12.3. The highest BCUT2D eigenvalue weighted by molar-refractivity contribution is 7.15. The minimum atomic E-state index is -0.200. The first kappa shape index (κ1) is 38.0. The van der Waals surface area contributed by atoms with Crippen molar-refractivity contribution in [1.82, 2.24) is 30.3 Å². The Morgan fingerprint density at radius 1 is 1.00 bits per heavy atom. The van der Waals surface area contributed by atoms with Crippen molar-refractivity contribution in [2.24, 2.45) is 16.3 Å². The molecule has 0 radical (unpaired) electrons. The zero-order valence-electron chi connectivity index (χ0n) is 32.9. The molecule has 5 heterocycles. The zero-order chi connectivity index (χ0) is 40.0. The number of nitriles is 1. The number of hydrogen-bond acceptors (Lipinski definition) is 10. The molecule has 11 nitrogen and oxygen atoms in total. The Labute approximate surface area is 347 Å². The maximum Gasteiger partial charge on any atom is 0.272 e. The van der Waals surface area contributed by atoms with Crippen LogP contribution < -0.4 is 15.0 Å². The summed E-state index contributed by atoms with van der Waals surface area (Å²) in [6.07, 6.45) is 7.71. The fraction of sp³-hybridized carbons (Fsp3) is 0.400. The lowest BCUT2D eigenvalue weighted by Gasteiger charge is -2.51. The van der Waals surface area contributed by atoms with Gasteiger partial charge in [-0.05, 0) is 120 Å². The summed E-state index contributed by atoms with van der Waals surface area (Å²) in [5.74, 6) is 10.4. The highest BCUT2D eigenvalue weighted by atomic mass is 35.5. The molecule has 13 heteroatoms. The van der Waals surface area contributed by atoms with Crippen LogP contribution in [0.25, 0.3) is 5.00 Å². The van der Waals surface area contributed by atoms with E-state index in [4.69, 9.17) is 26.6 Å². The molecule has 2 aromatic carbocycles. The molecular weight excluding hydrogens is 766 g/mol. The molecule has 58 heavy (non-hydrogen) atoms. The van der Waals surface area contributed by atoms with Crippen molar-refractivity contribution in [3.63, 3.8) is 0 Å². The Hall–Kier alpha value is -5.56. The summed E-state index contributed by atoms with van der Waals surface area (Å²) in [4.78, 5) is 21.7. The number of fused-ring (bicyclic) bond motifs is 3. The molecule has 1 amide bonds. The van der Waals surface area contributed by atoms with Crippen molar-refractivity contribution >= 4 is 40.4 Å². The topological polar surface area (TPSA) is 134 Å². The van der Waals surface area contributed by atoms with E-state index in [0.29, 0.717) is 34.5 Å². The van der Waals surface area contributed by atoms with Crippen LogP contribution >= 0.6 is 22.9 Å². The predicted octanol–water partition coefficient (Wildman–Crippen LogP) is 8.09. The zero-order valence-corrected chi connectivity index (χ0v) is 34.5. The summed E-state index contributed by atoms with van der Waals surface area (Å²) in [5.41, 5.74) is 6.52. The molecule has 294 valence electrons. The molecule has 3 fully saturated rings. The molecule has 2 aliphatic heterocycles. The lowest BCUT2D eigenvalue weighted by atomic mass is 9.58. The number of hydrogen-bond donors (Lipinski definition) is 1. The Balaban J connectivity index is 0.764. The SMILES string of the molecule is Cc1sc2c(c1C)C(c1ccc(C#CC3CC4(CCCN(c5ccc(C(=O)NC6CCC(Oc7ccc(C#N)c(Cl)c7)CC6)nn5)C4)C3)cc1)=NCc1nnc(C)n1-2. The van der Waals surface area contributed by atoms with Crippen molar-refractivity contribution in [3.8, 4) is 28.7 Å². The number of piperidine rings is 1. The molecule has 0 unspecified atom stereocenters. The first-order valence-electron chi connectivity index (χ1n) is 20.1. The van der Waals surface area contributed by atoms with Gasteiger partial charge in [0.25, 0.3) is 5.91 Å². The number of carbonyl (C=O) groups excluding carboxylic acids is 1. The van der Waals surface area contributed by atoms with E-state index in [1.165, 1.54) is 22.4 Å². The third kappa shape index (κ3) is 7.47. The van der Waals surface area contributed by atoms with Gasteiger partial charge in [-0.25, -0.2) is 0 Å². The molecule has 0 bridgehead atoms. The van der Waals surface area contributed by atoms with Crippen LogP contribution in [0.5, 0.6) is 5.75 Å². The van der Waals surface area contributed by atoms with Gasteiger partial charge in [0.15, 0.2) is 17.3 Å². The van der Waals surface area contributed by atoms with Crippen molar-refractivity contribution in [2.45, 2.75) is 90.8 Å². The lowest BCUT2D eigenvalue weighted by molar-refractivity contribution is 0.0684. The maximum absolute atomic E-state index is 13.1. The summed E-state index contributed by atoms with van der Waals surface area (Å²) >= 11 is 7.94. The normalized spacial score (nSPS) is 22.3. The van der Waals surface area contributed by atoms with E-state index < -0.39 is 0 Å². The number of ether oxygens (including phenoxy) is 1. The Bertz CT molecular complexity index is 2510. The first-order valence-corrected chi connectivity index (χ1v) is 21.3. The van der Waals surface area contributed by atoms with Crippen LogP contribution in [0.4, 0.5) is 5.82 Å². The molecule has 5 aromatic rings. The Kier molecular flexibility index (Phi) is 10.3. The minimum Gasteiger partial charge on any atom is -0.490 e. The summed E-state index contributed by atoms with van der Waals surface area (Å²) in [7, 11) is 0. The second-order valence-electron chi connectivity index (χ2n) is 16.2. The number of benzene rings is 2.